The van der Waals surface area contributed by atoms with Gasteiger partial charge < -0.3 is 15.4 Å². The van der Waals surface area contributed by atoms with Gasteiger partial charge in [0, 0.05) is 12.8 Å². The Balaban J connectivity index is 2.41. The molecule has 4 nitrogen and oxygen atoms in total. The van der Waals surface area contributed by atoms with Crippen LogP contribution in [0.25, 0.3) is 0 Å². The molecule has 92 valence electrons. The summed E-state index contributed by atoms with van der Waals surface area (Å²) in [5.74, 6) is 0.568. The Morgan fingerprint density at radius 2 is 2.18 bits per heavy atom. The lowest BCUT2D eigenvalue weighted by Crippen LogP contribution is -2.53. The largest absolute Gasteiger partial charge is 0.382 e. The average Bonchev–Trinajstić information content (AvgIpc) is 2.57. The first-order valence-electron chi connectivity index (χ1n) is 5.73. The molecule has 0 saturated carbocycles. The van der Waals surface area contributed by atoms with E-state index in [1.165, 1.54) is 5.56 Å². The van der Waals surface area contributed by atoms with Crippen molar-refractivity contribution < 1.29 is 4.74 Å². The number of para-hydroxylation sites is 1. The van der Waals surface area contributed by atoms with Crippen LogP contribution < -0.4 is 10.6 Å². The van der Waals surface area contributed by atoms with E-state index in [2.05, 4.69) is 35.9 Å². The molecule has 0 aromatic heterocycles. The Bertz CT molecular complexity index is 444. The third kappa shape index (κ3) is 2.00. The zero-order valence-corrected chi connectivity index (χ0v) is 10.6. The van der Waals surface area contributed by atoms with E-state index in [0.29, 0.717) is 19.1 Å². The van der Waals surface area contributed by atoms with Crippen LogP contribution >= 0.6 is 0 Å². The Morgan fingerprint density at radius 3 is 2.82 bits per heavy atom. The van der Waals surface area contributed by atoms with E-state index in [-0.39, 0.29) is 5.54 Å². The van der Waals surface area contributed by atoms with E-state index in [1.807, 2.05) is 12.1 Å². The van der Waals surface area contributed by atoms with Crippen LogP contribution in [0.5, 0.6) is 0 Å². The Morgan fingerprint density at radius 1 is 1.47 bits per heavy atom. The van der Waals surface area contributed by atoms with Crippen molar-refractivity contribution >= 4 is 11.6 Å². The fourth-order valence-corrected chi connectivity index (χ4v) is 2.32. The number of rotatable bonds is 3. The number of hydrogen-bond donors (Lipinski definition) is 1. The minimum Gasteiger partial charge on any atom is -0.382 e. The van der Waals surface area contributed by atoms with Crippen molar-refractivity contribution in [2.75, 3.05) is 25.2 Å². The van der Waals surface area contributed by atoms with Crippen LogP contribution in [0.15, 0.2) is 29.3 Å². The predicted molar refractivity (Wildman–Crippen MR) is 70.4 cm³/mol. The van der Waals surface area contributed by atoms with E-state index >= 15 is 0 Å². The molecule has 0 bridgehead atoms. The highest BCUT2D eigenvalue weighted by molar-refractivity contribution is 5.98. The fourth-order valence-electron chi connectivity index (χ4n) is 2.32. The monoisotopic (exact) mass is 233 g/mol. The number of anilines is 1. The van der Waals surface area contributed by atoms with Gasteiger partial charge in [0.1, 0.15) is 0 Å². The molecule has 1 aromatic carbocycles. The minimum absolute atomic E-state index is 0.190. The third-order valence-electron chi connectivity index (χ3n) is 3.16. The molecule has 1 unspecified atom stereocenters. The molecule has 0 fully saturated rings. The van der Waals surface area contributed by atoms with Crippen LogP contribution in [-0.2, 0) is 4.74 Å². The molecule has 1 aromatic rings. The molecule has 0 aliphatic carbocycles. The van der Waals surface area contributed by atoms with E-state index in [9.17, 15) is 0 Å². The Hall–Kier alpha value is -1.55. The van der Waals surface area contributed by atoms with Crippen molar-refractivity contribution in [1.29, 1.82) is 0 Å². The number of nitrogens with two attached hydrogens (primary N) is 1. The molecular formula is C13H19N3O. The van der Waals surface area contributed by atoms with Gasteiger partial charge in [0.15, 0.2) is 5.96 Å². The first kappa shape index (κ1) is 11.9. The molecular weight excluding hydrogens is 214 g/mol. The second-order valence-electron chi connectivity index (χ2n) is 4.73. The van der Waals surface area contributed by atoms with Crippen molar-refractivity contribution in [3.63, 3.8) is 0 Å². The van der Waals surface area contributed by atoms with Gasteiger partial charge >= 0.3 is 0 Å². The van der Waals surface area contributed by atoms with Crippen molar-refractivity contribution in [2.24, 2.45) is 10.7 Å². The summed E-state index contributed by atoms with van der Waals surface area (Å²) in [5.41, 5.74) is 8.11. The third-order valence-corrected chi connectivity index (χ3v) is 3.16. The van der Waals surface area contributed by atoms with E-state index in [0.717, 1.165) is 5.69 Å². The molecule has 0 saturated heterocycles. The molecule has 2 N–H and O–H groups in total. The molecule has 17 heavy (non-hydrogen) atoms. The molecule has 2 rings (SSSR count). The van der Waals surface area contributed by atoms with Gasteiger partial charge in [-0.05, 0) is 25.5 Å². The number of guanidine groups is 1. The van der Waals surface area contributed by atoms with Gasteiger partial charge in [-0.25, -0.2) is 0 Å². The van der Waals surface area contributed by atoms with Gasteiger partial charge in [0.25, 0.3) is 0 Å². The van der Waals surface area contributed by atoms with Crippen LogP contribution in [0.4, 0.5) is 5.69 Å². The van der Waals surface area contributed by atoms with Gasteiger partial charge in [-0.3, -0.25) is 4.99 Å². The zero-order valence-electron chi connectivity index (χ0n) is 10.6. The maximum Gasteiger partial charge on any atom is 0.196 e. The summed E-state index contributed by atoms with van der Waals surface area (Å²) >= 11 is 0. The molecule has 0 spiro atoms. The molecule has 1 atom stereocenters. The number of aryl methyl sites for hydroxylation is 1. The lowest BCUT2D eigenvalue weighted by Gasteiger charge is -2.36. The number of methoxy groups -OCH3 is 1. The van der Waals surface area contributed by atoms with Crippen molar-refractivity contribution in [3.05, 3.63) is 29.8 Å². The lowest BCUT2D eigenvalue weighted by atomic mass is 10.0. The maximum absolute atomic E-state index is 6.01. The van der Waals surface area contributed by atoms with Crippen molar-refractivity contribution in [2.45, 2.75) is 19.4 Å². The van der Waals surface area contributed by atoms with E-state index in [4.69, 9.17) is 10.5 Å². The van der Waals surface area contributed by atoms with Crippen LogP contribution in [0.1, 0.15) is 12.5 Å². The normalized spacial score (nSPS) is 23.9. The number of nitrogens with zero attached hydrogens (tertiary/aromatic N) is 2. The van der Waals surface area contributed by atoms with Gasteiger partial charge in [-0.15, -0.1) is 0 Å². The number of benzene rings is 1. The van der Waals surface area contributed by atoms with Crippen molar-refractivity contribution in [1.82, 2.24) is 0 Å². The van der Waals surface area contributed by atoms with Gasteiger partial charge in [0.05, 0.1) is 18.7 Å². The molecule has 0 amide bonds. The van der Waals surface area contributed by atoms with Gasteiger partial charge in [-0.1, -0.05) is 18.2 Å². The predicted octanol–water partition coefficient (Wildman–Crippen LogP) is 1.53. The first-order valence-corrected chi connectivity index (χ1v) is 5.73. The first-order chi connectivity index (χ1) is 8.08. The van der Waals surface area contributed by atoms with Crippen LogP contribution in [0, 0.1) is 6.92 Å². The highest BCUT2D eigenvalue weighted by Crippen LogP contribution is 2.31. The summed E-state index contributed by atoms with van der Waals surface area (Å²) in [4.78, 5) is 6.42. The van der Waals surface area contributed by atoms with Crippen LogP contribution in [0.3, 0.4) is 0 Å². The van der Waals surface area contributed by atoms with Crippen LogP contribution in [0.2, 0.25) is 0 Å². The number of aliphatic imine (C=N–C) groups is 1. The van der Waals surface area contributed by atoms with Gasteiger partial charge in [-0.2, -0.15) is 0 Å². The summed E-state index contributed by atoms with van der Waals surface area (Å²) in [7, 11) is 1.70. The fraction of sp³-hybridized carbons (Fsp3) is 0.462. The number of ether oxygens (including phenoxy) is 1. The standard InChI is InChI=1S/C13H19N3O/c1-10-6-4-5-7-11(10)16-12(14)15-8-13(16,2)9-17-3/h4-7H,8-9H2,1-3H3,(H2,14,15). The quantitative estimate of drug-likeness (QED) is 0.861. The highest BCUT2D eigenvalue weighted by Gasteiger charge is 2.39. The molecule has 4 heteroatoms. The second kappa shape index (κ2) is 4.37. The topological polar surface area (TPSA) is 50.9 Å². The molecule has 1 heterocycles. The SMILES string of the molecule is COCC1(C)CN=C(N)N1c1ccccc1C. The maximum atomic E-state index is 6.01. The summed E-state index contributed by atoms with van der Waals surface area (Å²) in [6, 6.07) is 8.18. The zero-order chi connectivity index (χ0) is 12.5. The van der Waals surface area contributed by atoms with Gasteiger partial charge in [0.2, 0.25) is 0 Å². The van der Waals surface area contributed by atoms with E-state index in [1.54, 1.807) is 7.11 Å². The second-order valence-corrected chi connectivity index (χ2v) is 4.73. The number of hydrogen-bond acceptors (Lipinski definition) is 4. The van der Waals surface area contributed by atoms with Crippen LogP contribution in [-0.4, -0.2) is 31.8 Å². The lowest BCUT2D eigenvalue weighted by molar-refractivity contribution is 0.149. The molecule has 1 aliphatic rings. The Kier molecular flexibility index (Phi) is 3.07. The smallest absolute Gasteiger partial charge is 0.196 e. The minimum atomic E-state index is -0.190. The summed E-state index contributed by atoms with van der Waals surface area (Å²) in [6.07, 6.45) is 0. The average molecular weight is 233 g/mol. The summed E-state index contributed by atoms with van der Waals surface area (Å²) in [6.45, 7) is 5.47. The molecule has 1 aliphatic heterocycles. The Labute approximate surface area is 102 Å². The van der Waals surface area contributed by atoms with Crippen molar-refractivity contribution in [3.8, 4) is 0 Å². The summed E-state index contributed by atoms with van der Waals surface area (Å²) in [5, 5.41) is 0. The summed E-state index contributed by atoms with van der Waals surface area (Å²) < 4.78 is 5.30. The van der Waals surface area contributed by atoms with E-state index < -0.39 is 0 Å². The molecule has 0 radical (unpaired) electrons. The highest BCUT2D eigenvalue weighted by atomic mass is 16.5.